The number of hydrogen-bond donors (Lipinski definition) is 1. The number of ether oxygens (including phenoxy) is 4. The first-order valence-corrected chi connectivity index (χ1v) is 9.93. The van der Waals surface area contributed by atoms with Crippen LogP contribution in [-0.4, -0.2) is 67.0 Å². The molecule has 0 spiro atoms. The number of benzene rings is 1. The van der Waals surface area contributed by atoms with Crippen LogP contribution in [0.2, 0.25) is 0 Å². The van der Waals surface area contributed by atoms with Gasteiger partial charge in [-0.15, -0.1) is 0 Å². The Kier molecular flexibility index (Phi) is 7.43. The van der Waals surface area contributed by atoms with E-state index in [-0.39, 0.29) is 6.10 Å². The zero-order valence-electron chi connectivity index (χ0n) is 16.7. The second-order valence-electron chi connectivity index (χ2n) is 7.35. The molecule has 3 atom stereocenters. The van der Waals surface area contributed by atoms with Crippen LogP contribution >= 0.6 is 0 Å². The first-order valence-electron chi connectivity index (χ1n) is 9.93. The molecule has 2 saturated heterocycles. The Labute approximate surface area is 172 Å². The molecule has 0 unspecified atom stereocenters. The van der Waals surface area contributed by atoms with Crippen molar-refractivity contribution in [3.8, 4) is 11.5 Å². The maximum Gasteiger partial charge on any atom is 0.490 e. The monoisotopic (exact) mass is 433 g/mol. The first kappa shape index (κ1) is 22.6. The van der Waals surface area contributed by atoms with Crippen molar-refractivity contribution < 1.29 is 42.0 Å². The van der Waals surface area contributed by atoms with Crippen LogP contribution in [0.1, 0.15) is 31.7 Å². The predicted octanol–water partition coefficient (Wildman–Crippen LogP) is 3.21. The van der Waals surface area contributed by atoms with Crippen LogP contribution in [0.3, 0.4) is 0 Å². The van der Waals surface area contributed by atoms with E-state index >= 15 is 0 Å². The first-order chi connectivity index (χ1) is 14.3. The molecule has 7 nitrogen and oxygen atoms in total. The quantitative estimate of drug-likeness (QED) is 0.764. The normalized spacial score (nSPS) is 25.4. The topological polar surface area (TPSA) is 77.5 Å². The van der Waals surface area contributed by atoms with Gasteiger partial charge >= 0.3 is 12.1 Å². The molecule has 4 rings (SSSR count). The molecule has 0 radical (unpaired) electrons. The van der Waals surface area contributed by atoms with Crippen molar-refractivity contribution in [3.05, 3.63) is 23.8 Å². The second kappa shape index (κ2) is 9.84. The molecule has 0 amide bonds. The molecule has 0 aliphatic carbocycles. The molecule has 3 aliphatic heterocycles. The summed E-state index contributed by atoms with van der Waals surface area (Å²) in [5.74, 6) is -1.03. The van der Waals surface area contributed by atoms with Crippen LogP contribution in [0, 0.1) is 0 Å². The third-order valence-electron chi connectivity index (χ3n) is 5.32. The van der Waals surface area contributed by atoms with E-state index in [9.17, 15) is 13.2 Å². The maximum atomic E-state index is 10.6. The van der Waals surface area contributed by atoms with Gasteiger partial charge in [-0.3, -0.25) is 4.90 Å². The maximum absolute atomic E-state index is 10.6. The van der Waals surface area contributed by atoms with E-state index < -0.39 is 12.1 Å². The highest BCUT2D eigenvalue weighted by molar-refractivity contribution is 5.73. The van der Waals surface area contributed by atoms with Gasteiger partial charge in [0.15, 0.2) is 11.5 Å². The highest BCUT2D eigenvalue weighted by Gasteiger charge is 2.40. The van der Waals surface area contributed by atoms with Crippen LogP contribution in [-0.2, 0) is 20.8 Å². The molecule has 0 saturated carbocycles. The zero-order chi connectivity index (χ0) is 21.7. The average molecular weight is 433 g/mol. The minimum atomic E-state index is -5.08. The smallest absolute Gasteiger partial charge is 0.475 e. The van der Waals surface area contributed by atoms with E-state index in [0.717, 1.165) is 50.6 Å². The van der Waals surface area contributed by atoms with Crippen molar-refractivity contribution in [2.75, 3.05) is 26.6 Å². The number of fused-ring (bicyclic) bond motifs is 2. The molecule has 30 heavy (non-hydrogen) atoms. The van der Waals surface area contributed by atoms with Crippen LogP contribution < -0.4 is 9.47 Å². The highest BCUT2D eigenvalue weighted by atomic mass is 19.4. The van der Waals surface area contributed by atoms with Gasteiger partial charge in [0.2, 0.25) is 6.79 Å². The second-order valence-corrected chi connectivity index (χ2v) is 7.35. The van der Waals surface area contributed by atoms with Crippen molar-refractivity contribution in [3.63, 3.8) is 0 Å². The Morgan fingerprint density at radius 1 is 1.23 bits per heavy atom. The summed E-state index contributed by atoms with van der Waals surface area (Å²) in [6, 6.07) is 6.80. The largest absolute Gasteiger partial charge is 0.490 e. The molecular formula is C20H26F3NO6. The number of carboxylic acids is 1. The minimum absolute atomic E-state index is 0.279. The summed E-state index contributed by atoms with van der Waals surface area (Å²) < 4.78 is 54.4. The number of alkyl halides is 3. The number of carbonyl (C=O) groups is 1. The molecule has 168 valence electrons. The summed E-state index contributed by atoms with van der Waals surface area (Å²) in [5, 5.41) is 7.12. The summed E-state index contributed by atoms with van der Waals surface area (Å²) in [5.41, 5.74) is 1.28. The van der Waals surface area contributed by atoms with E-state index in [1.54, 1.807) is 0 Å². The Morgan fingerprint density at radius 3 is 2.67 bits per heavy atom. The van der Waals surface area contributed by atoms with Gasteiger partial charge in [0, 0.05) is 25.7 Å². The fourth-order valence-corrected chi connectivity index (χ4v) is 3.93. The Hall–Kier alpha value is -2.04. The SMILES string of the molecule is CCOC[C@H]1CC[C@H]2[C@H](CCN2Cc2ccc3c(c2)OCO3)O1.O=C(O)C(F)(F)F. The highest BCUT2D eigenvalue weighted by Crippen LogP contribution is 2.35. The van der Waals surface area contributed by atoms with Crippen molar-refractivity contribution >= 4 is 5.97 Å². The number of rotatable bonds is 5. The van der Waals surface area contributed by atoms with Gasteiger partial charge < -0.3 is 24.1 Å². The zero-order valence-corrected chi connectivity index (χ0v) is 16.7. The molecule has 10 heteroatoms. The fraction of sp³-hybridized carbons (Fsp3) is 0.650. The van der Waals surface area contributed by atoms with Gasteiger partial charge in [0.1, 0.15) is 0 Å². The van der Waals surface area contributed by atoms with Gasteiger partial charge in [-0.1, -0.05) is 6.07 Å². The Balaban J connectivity index is 0.000000318. The Morgan fingerprint density at radius 2 is 1.97 bits per heavy atom. The number of aliphatic carboxylic acids is 1. The summed E-state index contributed by atoms with van der Waals surface area (Å²) in [4.78, 5) is 11.5. The number of carboxylic acid groups (broad SMARTS) is 1. The fourth-order valence-electron chi connectivity index (χ4n) is 3.93. The summed E-state index contributed by atoms with van der Waals surface area (Å²) in [7, 11) is 0. The van der Waals surface area contributed by atoms with Crippen molar-refractivity contribution in [2.45, 2.75) is 57.2 Å². The van der Waals surface area contributed by atoms with Crippen molar-refractivity contribution in [2.24, 2.45) is 0 Å². The van der Waals surface area contributed by atoms with Crippen LogP contribution in [0.15, 0.2) is 18.2 Å². The lowest BCUT2D eigenvalue weighted by Crippen LogP contribution is -2.43. The van der Waals surface area contributed by atoms with E-state index in [4.69, 9.17) is 28.8 Å². The number of nitrogens with zero attached hydrogens (tertiary/aromatic N) is 1. The van der Waals surface area contributed by atoms with E-state index in [1.807, 2.05) is 13.0 Å². The minimum Gasteiger partial charge on any atom is -0.475 e. The molecule has 2 fully saturated rings. The summed E-state index contributed by atoms with van der Waals surface area (Å²) in [6.45, 7) is 5.94. The lowest BCUT2D eigenvalue weighted by molar-refractivity contribution is -0.192. The number of likely N-dealkylation sites (tertiary alicyclic amines) is 1. The third kappa shape index (κ3) is 5.77. The van der Waals surface area contributed by atoms with Crippen LogP contribution in [0.25, 0.3) is 0 Å². The van der Waals surface area contributed by atoms with Crippen molar-refractivity contribution in [1.82, 2.24) is 4.90 Å². The molecular weight excluding hydrogens is 407 g/mol. The molecule has 1 N–H and O–H groups in total. The number of halogens is 3. The van der Waals surface area contributed by atoms with Crippen LogP contribution in [0.5, 0.6) is 11.5 Å². The van der Waals surface area contributed by atoms with Crippen LogP contribution in [0.4, 0.5) is 13.2 Å². The lowest BCUT2D eigenvalue weighted by Gasteiger charge is -2.36. The molecule has 0 aromatic heterocycles. The molecule has 3 heterocycles. The predicted molar refractivity (Wildman–Crippen MR) is 99.5 cm³/mol. The molecule has 1 aromatic rings. The molecule has 0 bridgehead atoms. The molecule has 3 aliphatic rings. The third-order valence-corrected chi connectivity index (χ3v) is 5.32. The van der Waals surface area contributed by atoms with Gasteiger partial charge in [0.05, 0.1) is 18.8 Å². The summed E-state index contributed by atoms with van der Waals surface area (Å²) >= 11 is 0. The average Bonchev–Trinajstić information content (AvgIpc) is 3.32. The van der Waals surface area contributed by atoms with E-state index in [0.29, 0.717) is 18.9 Å². The summed E-state index contributed by atoms with van der Waals surface area (Å²) in [6.07, 6.45) is -1.02. The van der Waals surface area contributed by atoms with Gasteiger partial charge in [-0.25, -0.2) is 4.79 Å². The standard InChI is InChI=1S/C18H25NO4.C2HF3O2/c1-2-20-11-14-4-5-15-16(23-14)7-8-19(15)10-13-3-6-17-18(9-13)22-12-21-17;3-2(4,5)1(6)7/h3,6,9,14-16H,2,4-5,7-8,10-12H2,1H3;(H,6,7)/t14-,15+,16+;/m1./s1. The van der Waals surface area contributed by atoms with Crippen molar-refractivity contribution in [1.29, 1.82) is 0 Å². The van der Waals surface area contributed by atoms with E-state index in [1.165, 1.54) is 12.0 Å². The van der Waals surface area contributed by atoms with Gasteiger partial charge in [-0.2, -0.15) is 13.2 Å². The lowest BCUT2D eigenvalue weighted by atomic mass is 9.99. The van der Waals surface area contributed by atoms with Gasteiger partial charge in [0.25, 0.3) is 0 Å². The Bertz CT molecular complexity index is 729. The molecule has 1 aromatic carbocycles. The van der Waals surface area contributed by atoms with Gasteiger partial charge in [-0.05, 0) is 43.9 Å². The number of hydrogen-bond acceptors (Lipinski definition) is 6. The van der Waals surface area contributed by atoms with E-state index in [2.05, 4.69) is 17.0 Å².